The lowest BCUT2D eigenvalue weighted by Gasteiger charge is -2.26. The normalized spacial score (nSPS) is 18.1. The van der Waals surface area contributed by atoms with Crippen molar-refractivity contribution in [3.63, 3.8) is 0 Å². The van der Waals surface area contributed by atoms with Crippen molar-refractivity contribution in [1.29, 1.82) is 0 Å². The minimum absolute atomic E-state index is 0.925. The zero-order chi connectivity index (χ0) is 13.8. The second-order valence-electron chi connectivity index (χ2n) is 5.12. The summed E-state index contributed by atoms with van der Waals surface area (Å²) in [6, 6.07) is 8.64. The van der Waals surface area contributed by atoms with Gasteiger partial charge < -0.3 is 4.90 Å². The lowest BCUT2D eigenvalue weighted by atomic mass is 10.1. The minimum Gasteiger partial charge on any atom is -0.363 e. The largest absolute Gasteiger partial charge is 0.363 e. The molecule has 0 N–H and O–H groups in total. The Balaban J connectivity index is 1.56. The highest BCUT2D eigenvalue weighted by molar-refractivity contribution is 7.99. The standard InChI is InChI=1S/C16H20N2S2/c1-18-10-5-4-8-16(18)17-9-11-19-15-12-20-14-7-3-2-6-13(14)15/h2-3,6-7,12H,4-5,8-11H2,1H3. The lowest BCUT2D eigenvalue weighted by molar-refractivity contribution is 0.432. The third-order valence-electron chi connectivity index (χ3n) is 3.67. The van der Waals surface area contributed by atoms with Gasteiger partial charge in [-0.2, -0.15) is 0 Å². The fourth-order valence-corrected chi connectivity index (χ4v) is 4.59. The van der Waals surface area contributed by atoms with Gasteiger partial charge in [-0.05, 0) is 18.9 Å². The van der Waals surface area contributed by atoms with Crippen LogP contribution in [-0.2, 0) is 0 Å². The van der Waals surface area contributed by atoms with E-state index >= 15 is 0 Å². The molecule has 2 heterocycles. The van der Waals surface area contributed by atoms with Gasteiger partial charge in [0, 0.05) is 46.1 Å². The van der Waals surface area contributed by atoms with Crippen molar-refractivity contribution in [3.8, 4) is 0 Å². The van der Waals surface area contributed by atoms with Crippen molar-refractivity contribution in [2.45, 2.75) is 24.2 Å². The molecule has 2 nitrogen and oxygen atoms in total. The maximum atomic E-state index is 4.77. The molecule has 1 aromatic heterocycles. The molecule has 0 amide bonds. The molecule has 0 spiro atoms. The van der Waals surface area contributed by atoms with E-state index in [1.807, 2.05) is 23.1 Å². The van der Waals surface area contributed by atoms with Gasteiger partial charge in [-0.3, -0.25) is 4.99 Å². The average molecular weight is 304 g/mol. The van der Waals surface area contributed by atoms with Crippen molar-refractivity contribution in [2.75, 3.05) is 25.9 Å². The van der Waals surface area contributed by atoms with Crippen LogP contribution in [0, 0.1) is 0 Å². The van der Waals surface area contributed by atoms with E-state index in [1.54, 1.807) is 0 Å². The first-order valence-electron chi connectivity index (χ1n) is 7.18. The first-order chi connectivity index (χ1) is 9.84. The molecule has 1 fully saturated rings. The highest BCUT2D eigenvalue weighted by Gasteiger charge is 2.11. The summed E-state index contributed by atoms with van der Waals surface area (Å²) in [6.45, 7) is 2.09. The zero-order valence-corrected chi connectivity index (χ0v) is 13.5. The average Bonchev–Trinajstić information content (AvgIpc) is 2.89. The summed E-state index contributed by atoms with van der Waals surface area (Å²) in [4.78, 5) is 8.49. The number of amidine groups is 1. The maximum absolute atomic E-state index is 4.77. The van der Waals surface area contributed by atoms with Crippen LogP contribution >= 0.6 is 23.1 Å². The third-order valence-corrected chi connectivity index (χ3v) is 5.82. The molecule has 2 aromatic rings. The first-order valence-corrected chi connectivity index (χ1v) is 9.04. The number of thiophene rings is 1. The Labute approximate surface area is 128 Å². The van der Waals surface area contributed by atoms with Gasteiger partial charge in [-0.25, -0.2) is 0 Å². The van der Waals surface area contributed by atoms with Crippen LogP contribution in [0.4, 0.5) is 0 Å². The second-order valence-corrected chi connectivity index (χ2v) is 7.17. The molecular formula is C16H20N2S2. The van der Waals surface area contributed by atoms with Gasteiger partial charge in [-0.15, -0.1) is 23.1 Å². The summed E-state index contributed by atoms with van der Waals surface area (Å²) >= 11 is 3.77. The molecule has 1 aliphatic rings. The number of fused-ring (bicyclic) bond motifs is 1. The molecule has 1 aliphatic heterocycles. The van der Waals surface area contributed by atoms with Crippen molar-refractivity contribution in [3.05, 3.63) is 29.6 Å². The molecule has 4 heteroatoms. The summed E-state index contributed by atoms with van der Waals surface area (Å²) in [5.74, 6) is 2.37. The lowest BCUT2D eigenvalue weighted by Crippen LogP contribution is -2.31. The smallest absolute Gasteiger partial charge is 0.0986 e. The zero-order valence-electron chi connectivity index (χ0n) is 11.8. The van der Waals surface area contributed by atoms with Crippen molar-refractivity contribution in [1.82, 2.24) is 4.90 Å². The fourth-order valence-electron chi connectivity index (χ4n) is 2.55. The molecule has 0 unspecified atom stereocenters. The van der Waals surface area contributed by atoms with Gasteiger partial charge in [0.2, 0.25) is 0 Å². The predicted molar refractivity (Wildman–Crippen MR) is 91.3 cm³/mol. The van der Waals surface area contributed by atoms with Crippen LogP contribution in [0.15, 0.2) is 39.5 Å². The Kier molecular flexibility index (Phi) is 4.63. The van der Waals surface area contributed by atoms with Gasteiger partial charge in [0.05, 0.1) is 12.4 Å². The number of benzene rings is 1. The number of nitrogens with zero attached hydrogens (tertiary/aromatic N) is 2. The molecule has 0 bridgehead atoms. The summed E-state index contributed by atoms with van der Waals surface area (Å²) in [5, 5.41) is 3.67. The van der Waals surface area contributed by atoms with E-state index < -0.39 is 0 Å². The van der Waals surface area contributed by atoms with Crippen LogP contribution in [-0.4, -0.2) is 36.6 Å². The molecule has 0 saturated carbocycles. The molecule has 0 aliphatic carbocycles. The predicted octanol–water partition coefficient (Wildman–Crippen LogP) is 4.51. The summed E-state index contributed by atoms with van der Waals surface area (Å²) in [7, 11) is 2.16. The van der Waals surface area contributed by atoms with E-state index in [2.05, 4.69) is 41.6 Å². The first kappa shape index (κ1) is 14.0. The van der Waals surface area contributed by atoms with Crippen LogP contribution in [0.25, 0.3) is 10.1 Å². The number of rotatable bonds is 4. The van der Waals surface area contributed by atoms with E-state index in [-0.39, 0.29) is 0 Å². The molecule has 106 valence electrons. The fraction of sp³-hybridized carbons (Fsp3) is 0.438. The number of likely N-dealkylation sites (tertiary alicyclic amines) is 1. The van der Waals surface area contributed by atoms with Gasteiger partial charge in [-0.1, -0.05) is 18.2 Å². The molecule has 0 atom stereocenters. The minimum atomic E-state index is 0.925. The molecule has 3 rings (SSSR count). The summed E-state index contributed by atoms with van der Waals surface area (Å²) < 4.78 is 1.38. The van der Waals surface area contributed by atoms with Gasteiger partial charge in [0.25, 0.3) is 0 Å². The van der Waals surface area contributed by atoms with Gasteiger partial charge in [0.1, 0.15) is 0 Å². The molecule has 1 aromatic carbocycles. The molecule has 20 heavy (non-hydrogen) atoms. The van der Waals surface area contributed by atoms with Crippen LogP contribution < -0.4 is 0 Å². The number of hydrogen-bond donors (Lipinski definition) is 0. The van der Waals surface area contributed by atoms with Crippen LogP contribution in [0.2, 0.25) is 0 Å². The van der Waals surface area contributed by atoms with E-state index in [9.17, 15) is 0 Å². The Bertz CT molecular complexity index is 603. The molecular weight excluding hydrogens is 284 g/mol. The maximum Gasteiger partial charge on any atom is 0.0986 e. The number of thioether (sulfide) groups is 1. The van der Waals surface area contributed by atoms with E-state index in [0.29, 0.717) is 0 Å². The van der Waals surface area contributed by atoms with Gasteiger partial charge in [0.15, 0.2) is 0 Å². The van der Waals surface area contributed by atoms with Crippen LogP contribution in [0.1, 0.15) is 19.3 Å². The highest BCUT2D eigenvalue weighted by Crippen LogP contribution is 2.32. The van der Waals surface area contributed by atoms with E-state index in [4.69, 9.17) is 4.99 Å². The number of piperidine rings is 1. The Hall–Kier alpha value is -1.00. The topological polar surface area (TPSA) is 15.6 Å². The number of hydrogen-bond acceptors (Lipinski definition) is 3. The Morgan fingerprint density at radius 3 is 3.10 bits per heavy atom. The van der Waals surface area contributed by atoms with E-state index in [1.165, 1.54) is 40.2 Å². The summed E-state index contributed by atoms with van der Waals surface area (Å²) in [5.41, 5.74) is 0. The Morgan fingerprint density at radius 1 is 1.30 bits per heavy atom. The van der Waals surface area contributed by atoms with E-state index in [0.717, 1.165) is 18.7 Å². The second kappa shape index (κ2) is 6.64. The monoisotopic (exact) mass is 304 g/mol. The summed E-state index contributed by atoms with van der Waals surface area (Å²) in [6.07, 6.45) is 3.76. The third kappa shape index (κ3) is 3.18. The van der Waals surface area contributed by atoms with Gasteiger partial charge >= 0.3 is 0 Å². The molecule has 1 saturated heterocycles. The van der Waals surface area contributed by atoms with Crippen molar-refractivity contribution < 1.29 is 0 Å². The Morgan fingerprint density at radius 2 is 2.20 bits per heavy atom. The van der Waals surface area contributed by atoms with Crippen molar-refractivity contribution >= 4 is 39.0 Å². The SMILES string of the molecule is CN1CCCCC1=NCCSc1csc2ccccc12. The molecule has 0 radical (unpaired) electrons. The van der Waals surface area contributed by atoms with Crippen LogP contribution in [0.3, 0.4) is 0 Å². The van der Waals surface area contributed by atoms with Crippen LogP contribution in [0.5, 0.6) is 0 Å². The highest BCUT2D eigenvalue weighted by atomic mass is 32.2. The number of aliphatic imine (C=N–C) groups is 1. The van der Waals surface area contributed by atoms with Crippen molar-refractivity contribution in [2.24, 2.45) is 4.99 Å². The quantitative estimate of drug-likeness (QED) is 0.610.